The van der Waals surface area contributed by atoms with Gasteiger partial charge in [0.15, 0.2) is 6.79 Å². The molecule has 10 rings (SSSR count). The van der Waals surface area contributed by atoms with Crippen LogP contribution in [0.3, 0.4) is 0 Å². The van der Waals surface area contributed by atoms with Gasteiger partial charge in [0.05, 0.1) is 29.9 Å². The Morgan fingerprint density at radius 3 is 1.71 bits per heavy atom. The molecule has 9 aromatic rings. The maximum Gasteiger partial charge on any atom is 0.264 e. The van der Waals surface area contributed by atoms with Crippen molar-refractivity contribution in [2.24, 2.45) is 7.05 Å². The molecule has 1 aliphatic heterocycles. The van der Waals surface area contributed by atoms with E-state index in [1.54, 1.807) is 79.0 Å². The highest BCUT2D eigenvalue weighted by atomic mass is 32.2. The summed E-state index contributed by atoms with van der Waals surface area (Å²) in [5.74, 6) is 8.05. The minimum Gasteiger partial charge on any atom is -0.480 e. The van der Waals surface area contributed by atoms with Gasteiger partial charge in [-0.15, -0.1) is 0 Å². The number of nitrogens with zero attached hydrogens (tertiary/aromatic N) is 6. The second-order valence-corrected chi connectivity index (χ2v) is 20.8. The summed E-state index contributed by atoms with van der Waals surface area (Å²) in [7, 11) is -6.18. The van der Waals surface area contributed by atoms with Crippen LogP contribution in [0.4, 0.5) is 28.9 Å². The zero-order valence-corrected chi connectivity index (χ0v) is 42.2. The van der Waals surface area contributed by atoms with E-state index in [1.807, 2.05) is 6.07 Å². The predicted octanol–water partition coefficient (Wildman–Crippen LogP) is 8.73. The molecule has 0 unspecified atom stereocenters. The van der Waals surface area contributed by atoms with Gasteiger partial charge >= 0.3 is 0 Å². The number of fused-ring (bicyclic) bond motifs is 2. The van der Waals surface area contributed by atoms with E-state index in [2.05, 4.69) is 63.5 Å². The first kappa shape index (κ1) is 51.6. The molecule has 0 atom stereocenters. The first-order chi connectivity index (χ1) is 37.0. The fourth-order valence-corrected chi connectivity index (χ4v) is 10.7. The molecule has 3 N–H and O–H groups in total. The molecular formula is C55H41F4N9O7S2. The summed E-state index contributed by atoms with van der Waals surface area (Å²) in [5.41, 5.74) is 3.87. The molecule has 4 aromatic carbocycles. The van der Waals surface area contributed by atoms with Crippen LogP contribution in [0.15, 0.2) is 144 Å². The van der Waals surface area contributed by atoms with Crippen molar-refractivity contribution < 1.29 is 48.6 Å². The van der Waals surface area contributed by atoms with Gasteiger partial charge < -0.3 is 19.5 Å². The number of aromatic nitrogens is 6. The van der Waals surface area contributed by atoms with Crippen LogP contribution >= 0.6 is 0 Å². The van der Waals surface area contributed by atoms with Gasteiger partial charge in [0.25, 0.3) is 20.0 Å². The number of sulfonamides is 2. The number of methoxy groups -OCH3 is 1. The number of ether oxygens (including phenoxy) is 3. The molecular weight excluding hydrogens is 1040 g/mol. The SMILES string of the molecule is COc1ncc(-c2ccc3nccc(C#CC4(OCOc5ncc(-c6ccc7nccc(C#Cc8cnn(C)c8)c7c6)cc5NS(=O)(=O)c5ccc(F)cc5F)CCNCC4)c3c2)cc1NS(=O)(=O)c1ccc(F)cc1F. The van der Waals surface area contributed by atoms with Gasteiger partial charge in [-0.1, -0.05) is 35.8 Å². The van der Waals surface area contributed by atoms with Crippen LogP contribution in [0.5, 0.6) is 11.8 Å². The lowest BCUT2D eigenvalue weighted by atomic mass is 9.92. The fraction of sp³-hybridized carbons (Fsp3) is 0.145. The number of anilines is 2. The van der Waals surface area contributed by atoms with E-state index in [0.29, 0.717) is 98.8 Å². The van der Waals surface area contributed by atoms with Gasteiger partial charge in [-0.25, -0.2) is 44.4 Å². The number of rotatable bonds is 13. The second-order valence-electron chi connectivity index (χ2n) is 17.5. The number of benzene rings is 4. The Hall–Kier alpha value is -8.93. The van der Waals surface area contributed by atoms with E-state index in [0.717, 1.165) is 24.3 Å². The summed E-state index contributed by atoms with van der Waals surface area (Å²) in [6.45, 7) is 0.589. The van der Waals surface area contributed by atoms with E-state index in [1.165, 1.54) is 31.6 Å². The molecule has 0 saturated carbocycles. The van der Waals surface area contributed by atoms with Crippen LogP contribution in [0.2, 0.25) is 0 Å². The van der Waals surface area contributed by atoms with Crippen molar-refractivity contribution in [3.8, 4) is 57.7 Å². The van der Waals surface area contributed by atoms with Gasteiger partial charge in [-0.05, 0) is 97.0 Å². The summed E-state index contributed by atoms with van der Waals surface area (Å²) in [6.07, 6.45) is 10.5. The lowest BCUT2D eigenvalue weighted by Gasteiger charge is -2.32. The predicted molar refractivity (Wildman–Crippen MR) is 278 cm³/mol. The first-order valence-electron chi connectivity index (χ1n) is 23.3. The van der Waals surface area contributed by atoms with E-state index in [9.17, 15) is 30.0 Å². The molecule has 1 saturated heterocycles. The number of nitrogens with one attached hydrogen (secondary N) is 3. The van der Waals surface area contributed by atoms with Gasteiger partial charge in [0.1, 0.15) is 50.0 Å². The van der Waals surface area contributed by atoms with Gasteiger partial charge in [-0.3, -0.25) is 24.1 Å². The number of halogens is 4. The van der Waals surface area contributed by atoms with Crippen LogP contribution < -0.4 is 24.2 Å². The maximum absolute atomic E-state index is 15.0. The third-order valence-electron chi connectivity index (χ3n) is 12.3. The minimum absolute atomic E-state index is 0.103. The lowest BCUT2D eigenvalue weighted by Crippen LogP contribution is -2.43. The Balaban J connectivity index is 0.941. The molecule has 0 aliphatic carbocycles. The normalized spacial score (nSPS) is 13.3. The number of pyridine rings is 4. The zero-order valence-electron chi connectivity index (χ0n) is 40.6. The Bertz CT molecular complexity index is 4160. The average Bonchev–Trinajstić information content (AvgIpc) is 3.84. The highest BCUT2D eigenvalue weighted by molar-refractivity contribution is 7.93. The topological polar surface area (TPSA) is 201 Å². The number of aryl methyl sites for hydroxylation is 1. The third-order valence-corrected chi connectivity index (χ3v) is 15.1. The van der Waals surface area contributed by atoms with E-state index in [4.69, 9.17) is 14.2 Å². The van der Waals surface area contributed by atoms with Gasteiger partial charge in [-0.2, -0.15) is 5.10 Å². The summed E-state index contributed by atoms with van der Waals surface area (Å²) < 4.78 is 135. The van der Waals surface area contributed by atoms with Crippen molar-refractivity contribution in [1.82, 2.24) is 35.0 Å². The van der Waals surface area contributed by atoms with E-state index < -0.39 is 65.5 Å². The van der Waals surface area contributed by atoms with Crippen LogP contribution in [0.25, 0.3) is 44.1 Å². The maximum atomic E-state index is 15.0. The highest BCUT2D eigenvalue weighted by Gasteiger charge is 2.32. The molecule has 5 aromatic heterocycles. The standard InChI is InChI=1S/C55H41F4N9O7S2/c1-68-32-34(29-65-68)3-4-35-14-19-61-47-9-5-37(23-43(35)47)40-26-50(67-77(71,72)52-12-8-42(57)28-46(52)59)54(64-31-40)74-33-75-55(17-21-60-22-18-55)16-13-36-15-20-62-48-10-6-38(24-44(36)48)39-25-49(53(73-2)63-30-39)66-76(69,70)51-11-7-41(56)27-45(51)58/h5-12,14-15,19-20,23-32,60,66-67H,17-18,21-22,33H2,1-2H3. The quantitative estimate of drug-likeness (QED) is 0.0563. The van der Waals surface area contributed by atoms with Crippen molar-refractivity contribution >= 4 is 53.2 Å². The minimum atomic E-state index is -4.70. The van der Waals surface area contributed by atoms with Gasteiger partial charge in [0, 0.05) is 96.0 Å². The lowest BCUT2D eigenvalue weighted by molar-refractivity contribution is -0.0875. The van der Waals surface area contributed by atoms with Gasteiger partial charge in [0.2, 0.25) is 11.8 Å². The Morgan fingerprint density at radius 2 is 1.18 bits per heavy atom. The smallest absolute Gasteiger partial charge is 0.264 e. The van der Waals surface area contributed by atoms with Crippen molar-refractivity contribution in [2.45, 2.75) is 28.2 Å². The molecule has 0 radical (unpaired) electrons. The summed E-state index contributed by atoms with van der Waals surface area (Å²) in [6, 6.07) is 21.4. The number of hydrogen-bond acceptors (Lipinski definition) is 13. The van der Waals surface area contributed by atoms with Crippen LogP contribution in [-0.4, -0.2) is 79.1 Å². The van der Waals surface area contributed by atoms with E-state index in [-0.39, 0.29) is 23.1 Å². The number of hydrogen-bond donors (Lipinski definition) is 3. The third kappa shape index (κ3) is 11.4. The summed E-state index contributed by atoms with van der Waals surface area (Å²) in [4.78, 5) is 16.2. The van der Waals surface area contributed by atoms with Crippen molar-refractivity contribution in [2.75, 3.05) is 36.4 Å². The van der Waals surface area contributed by atoms with Crippen molar-refractivity contribution in [3.63, 3.8) is 0 Å². The summed E-state index contributed by atoms with van der Waals surface area (Å²) in [5, 5.41) is 8.80. The molecule has 0 bridgehead atoms. The molecule has 388 valence electrons. The van der Waals surface area contributed by atoms with E-state index >= 15 is 4.39 Å². The fourth-order valence-electron chi connectivity index (χ4n) is 8.44. The molecule has 1 aliphatic rings. The molecule has 77 heavy (non-hydrogen) atoms. The first-order valence-corrected chi connectivity index (χ1v) is 26.3. The van der Waals surface area contributed by atoms with Crippen molar-refractivity contribution in [3.05, 3.63) is 174 Å². The monoisotopic (exact) mass is 1080 g/mol. The average molecular weight is 1080 g/mol. The Labute approximate surface area is 438 Å². The van der Waals surface area contributed by atoms with Crippen molar-refractivity contribution in [1.29, 1.82) is 0 Å². The number of piperidine rings is 1. The molecule has 22 heteroatoms. The van der Waals surface area contributed by atoms with Crippen LogP contribution in [-0.2, 0) is 31.8 Å². The molecule has 6 heterocycles. The Kier molecular flexibility index (Phi) is 14.3. The molecule has 16 nitrogen and oxygen atoms in total. The second kappa shape index (κ2) is 21.4. The highest BCUT2D eigenvalue weighted by Crippen LogP contribution is 2.35. The van der Waals surface area contributed by atoms with Crippen LogP contribution in [0.1, 0.15) is 29.5 Å². The Morgan fingerprint density at radius 1 is 0.636 bits per heavy atom. The molecule has 1 fully saturated rings. The molecule has 0 spiro atoms. The zero-order chi connectivity index (χ0) is 53.9. The van der Waals surface area contributed by atoms with Crippen LogP contribution in [0, 0.1) is 47.0 Å². The summed E-state index contributed by atoms with van der Waals surface area (Å²) >= 11 is 0. The molecule has 0 amide bonds. The largest absolute Gasteiger partial charge is 0.480 e.